The SMILES string of the molecule is Cc1cc(C(C)(C)C)[c]([Ge]2([c]3c(C(C)(C)C)cc(C)c(C)c3C)[C]([C]3=[C](c4ccccc4)[Ge]3([c]3c(C(C)(C)C)cc(C)c(C)c3C)[c]3c(C(C)(C)C)cc(C)c(C)c3C)=[C]2c2ccccc2)c(C)c1C. The van der Waals surface area contributed by atoms with Gasteiger partial charge in [-0.25, -0.2) is 0 Å². The first-order valence-corrected chi connectivity index (χ1v) is 34.8. The second kappa shape index (κ2) is 17.3. The molecule has 0 saturated heterocycles. The summed E-state index contributed by atoms with van der Waals surface area (Å²) in [6.07, 6.45) is 0. The third-order valence-corrected chi connectivity index (χ3v) is 40.0. The predicted molar refractivity (Wildman–Crippen MR) is 314 cm³/mol. The van der Waals surface area contributed by atoms with E-state index in [1.54, 1.807) is 57.5 Å². The molecule has 2 aliphatic heterocycles. The maximum atomic E-state index is 2.64. The van der Waals surface area contributed by atoms with Crippen molar-refractivity contribution < 1.29 is 0 Å². The summed E-state index contributed by atoms with van der Waals surface area (Å²) < 4.78 is 13.7. The van der Waals surface area contributed by atoms with Gasteiger partial charge in [-0.15, -0.1) is 0 Å². The summed E-state index contributed by atoms with van der Waals surface area (Å²) in [7, 11) is 0. The summed E-state index contributed by atoms with van der Waals surface area (Å²) in [5, 5.41) is 0. The Balaban J connectivity index is 1.76. The second-order valence-corrected chi connectivity index (χ2v) is 40.9. The van der Waals surface area contributed by atoms with Gasteiger partial charge in [0.25, 0.3) is 0 Å². The third-order valence-electron chi connectivity index (χ3n) is 17.6. The van der Waals surface area contributed by atoms with Crippen molar-refractivity contribution in [1.82, 2.24) is 0 Å². The molecule has 8 rings (SSSR count). The van der Waals surface area contributed by atoms with Crippen molar-refractivity contribution in [1.29, 1.82) is 0 Å². The van der Waals surface area contributed by atoms with Crippen LogP contribution < -0.4 is 17.6 Å². The molecule has 0 saturated carbocycles. The van der Waals surface area contributed by atoms with Crippen LogP contribution in [0.4, 0.5) is 0 Å². The van der Waals surface area contributed by atoms with Crippen LogP contribution in [0.25, 0.3) is 8.81 Å². The molecule has 2 heterocycles. The topological polar surface area (TPSA) is 0 Å². The molecule has 6 aromatic rings. The van der Waals surface area contributed by atoms with E-state index in [1.165, 1.54) is 77.9 Å². The monoisotopic (exact) mass is 1050 g/mol. The summed E-state index contributed by atoms with van der Waals surface area (Å²) in [6, 6.07) is 34.3. The molecule has 366 valence electrons. The average Bonchev–Trinajstić information content (AvgIpc) is 4.14. The Kier molecular flexibility index (Phi) is 12.9. The molecule has 0 aliphatic carbocycles. The van der Waals surface area contributed by atoms with E-state index >= 15 is 0 Å². The van der Waals surface area contributed by atoms with Crippen LogP contribution in [0, 0.1) is 83.1 Å². The van der Waals surface area contributed by atoms with E-state index in [1.807, 2.05) is 0 Å². The van der Waals surface area contributed by atoms with Gasteiger partial charge in [-0.1, -0.05) is 0 Å². The first kappa shape index (κ1) is 52.2. The van der Waals surface area contributed by atoms with Gasteiger partial charge in [0.2, 0.25) is 0 Å². The number of rotatable bonds is 7. The average molecular weight is 1050 g/mol. The molecule has 70 heavy (non-hydrogen) atoms. The molecule has 6 aromatic carbocycles. The van der Waals surface area contributed by atoms with Crippen LogP contribution in [-0.4, -0.2) is 26.5 Å². The maximum absolute atomic E-state index is 4.04. The molecule has 0 nitrogen and oxygen atoms in total. The van der Waals surface area contributed by atoms with Crippen molar-refractivity contribution in [2.24, 2.45) is 0 Å². The number of hydrogen-bond acceptors (Lipinski definition) is 0. The summed E-state index contributed by atoms with van der Waals surface area (Å²) in [4.78, 5) is 0. The summed E-state index contributed by atoms with van der Waals surface area (Å²) in [6.45, 7) is 59.2. The normalized spacial score (nSPS) is 15.8. The number of benzene rings is 6. The number of allylic oxidation sites excluding steroid dienone is 2. The molecule has 0 amide bonds. The van der Waals surface area contributed by atoms with Gasteiger partial charge >= 0.3 is 435 Å². The standard InChI is InChI=1S/C68H86Ge2/c1-39-35-53(65(13,14)15)57(47(9)43(39)5)69(58-48(10)44(6)40(2)36-54(58)66(16,17)18)61(51-31-27-25-28-32-51)63(69)64-62(52-33-29-26-30-34-52)70(64,59-49(11)45(7)41(3)37-55(59)67(19,20)21)60-50(12)46(8)42(4)38-56(60)68(22,23)24/h25-38H,1-24H3. The van der Waals surface area contributed by atoms with Crippen LogP contribution in [0.15, 0.2) is 93.7 Å². The van der Waals surface area contributed by atoms with Gasteiger partial charge in [0, 0.05) is 0 Å². The minimum atomic E-state index is -4.04. The molecule has 0 atom stereocenters. The van der Waals surface area contributed by atoms with Gasteiger partial charge in [0.05, 0.1) is 0 Å². The van der Waals surface area contributed by atoms with Crippen LogP contribution >= 0.6 is 0 Å². The zero-order valence-electron chi connectivity index (χ0n) is 48.1. The van der Waals surface area contributed by atoms with Crippen LogP contribution in [0.2, 0.25) is 0 Å². The Morgan fingerprint density at radius 3 is 0.643 bits per heavy atom. The quantitative estimate of drug-likeness (QED) is 0.140. The fourth-order valence-corrected chi connectivity index (χ4v) is 47.7. The number of aryl methyl sites for hydroxylation is 4. The molecule has 0 fully saturated rings. The van der Waals surface area contributed by atoms with Crippen LogP contribution in [0.1, 0.15) is 183 Å². The van der Waals surface area contributed by atoms with Crippen molar-refractivity contribution in [3.63, 3.8) is 0 Å². The van der Waals surface area contributed by atoms with Gasteiger partial charge in [0.1, 0.15) is 0 Å². The molecular weight excluding hydrogens is 962 g/mol. The molecule has 0 bridgehead atoms. The third kappa shape index (κ3) is 7.81. The van der Waals surface area contributed by atoms with Crippen LogP contribution in [0.3, 0.4) is 0 Å². The molecule has 2 aliphatic rings. The Morgan fingerprint density at radius 1 is 0.257 bits per heavy atom. The predicted octanol–water partition coefficient (Wildman–Crippen LogP) is 15.5. The van der Waals surface area contributed by atoms with Crippen molar-refractivity contribution in [2.45, 2.75) is 188 Å². The molecule has 0 radical (unpaired) electrons. The Hall–Kier alpha value is -4.11. The molecule has 0 unspecified atom stereocenters. The van der Waals surface area contributed by atoms with Crippen molar-refractivity contribution in [2.75, 3.05) is 0 Å². The van der Waals surface area contributed by atoms with E-state index in [9.17, 15) is 0 Å². The van der Waals surface area contributed by atoms with Gasteiger partial charge in [0.15, 0.2) is 0 Å². The number of hydrogen-bond donors (Lipinski definition) is 0. The van der Waals surface area contributed by atoms with E-state index in [2.05, 4.69) is 251 Å². The van der Waals surface area contributed by atoms with E-state index in [0.29, 0.717) is 0 Å². The fraction of sp³-hybridized carbons (Fsp3) is 0.412. The van der Waals surface area contributed by atoms with Crippen molar-refractivity contribution >= 4 is 52.9 Å². The fourth-order valence-electron chi connectivity index (χ4n) is 13.0. The summed E-state index contributed by atoms with van der Waals surface area (Å²) >= 11 is -8.07. The Bertz CT molecular complexity index is 2840. The minimum absolute atomic E-state index is 0.0886. The van der Waals surface area contributed by atoms with Gasteiger partial charge in [-0.3, -0.25) is 0 Å². The first-order chi connectivity index (χ1) is 32.3. The molecule has 0 N–H and O–H groups in total. The van der Waals surface area contributed by atoms with E-state index in [4.69, 9.17) is 0 Å². The van der Waals surface area contributed by atoms with Gasteiger partial charge < -0.3 is 0 Å². The summed E-state index contributed by atoms with van der Waals surface area (Å²) in [5.74, 6) is 0. The Labute approximate surface area is 431 Å². The molecule has 0 spiro atoms. The Morgan fingerprint density at radius 2 is 0.457 bits per heavy atom. The van der Waals surface area contributed by atoms with Crippen LogP contribution in [0.5, 0.6) is 0 Å². The summed E-state index contributed by atoms with van der Waals surface area (Å²) in [5.41, 5.74) is 26.2. The zero-order chi connectivity index (χ0) is 51.9. The van der Waals surface area contributed by atoms with E-state index < -0.39 is 26.5 Å². The molecule has 0 aromatic heterocycles. The van der Waals surface area contributed by atoms with Gasteiger partial charge in [-0.2, -0.15) is 0 Å². The molecular formula is C68H86Ge2. The first-order valence-electron chi connectivity index (χ1n) is 26.4. The molecule has 2 heteroatoms. The van der Waals surface area contributed by atoms with Crippen molar-refractivity contribution in [3.05, 3.63) is 194 Å². The van der Waals surface area contributed by atoms with Gasteiger partial charge in [-0.05, 0) is 0 Å². The van der Waals surface area contributed by atoms with Crippen LogP contribution in [-0.2, 0) is 21.7 Å². The van der Waals surface area contributed by atoms with E-state index in [-0.39, 0.29) is 21.7 Å². The van der Waals surface area contributed by atoms with Crippen molar-refractivity contribution in [3.8, 4) is 0 Å². The van der Waals surface area contributed by atoms with E-state index in [0.717, 1.165) is 0 Å². The second-order valence-electron chi connectivity index (χ2n) is 26.2. The zero-order valence-corrected chi connectivity index (χ0v) is 52.3.